The summed E-state index contributed by atoms with van der Waals surface area (Å²) in [6.07, 6.45) is 45.2. The molecule has 0 N–H and O–H groups in total. The summed E-state index contributed by atoms with van der Waals surface area (Å²) in [4.78, 5) is 27.0. The molecule has 0 bridgehead atoms. The number of likely N-dealkylation sites (tertiary alicyclic amines) is 1. The Hall–Kier alpha value is -2.14. The van der Waals surface area contributed by atoms with Crippen LogP contribution >= 0.6 is 0 Å². The summed E-state index contributed by atoms with van der Waals surface area (Å²) in [5, 5.41) is 0. The number of unbranched alkanes of at least 4 members (excludes halogenated alkanes) is 16. The van der Waals surface area contributed by atoms with Gasteiger partial charge in [-0.2, -0.15) is 0 Å². The van der Waals surface area contributed by atoms with Crippen LogP contribution in [0.4, 0.5) is 0 Å². The van der Waals surface area contributed by atoms with Gasteiger partial charge in [-0.05, 0) is 84.1 Å². The van der Waals surface area contributed by atoms with Gasteiger partial charge in [-0.15, -0.1) is 0 Å². The average molecular weight is 670 g/mol. The van der Waals surface area contributed by atoms with Gasteiger partial charge in [0.05, 0.1) is 13.2 Å². The van der Waals surface area contributed by atoms with Crippen LogP contribution in [-0.2, 0) is 19.1 Å². The molecule has 48 heavy (non-hydrogen) atoms. The fourth-order valence-electron chi connectivity index (χ4n) is 6.26. The third-order valence-electron chi connectivity index (χ3n) is 9.34. The van der Waals surface area contributed by atoms with Crippen LogP contribution in [0.5, 0.6) is 0 Å². The topological polar surface area (TPSA) is 55.8 Å². The fourth-order valence-corrected chi connectivity index (χ4v) is 6.26. The lowest BCUT2D eigenvalue weighted by Gasteiger charge is -2.18. The smallest absolute Gasteiger partial charge is 0.305 e. The van der Waals surface area contributed by atoms with E-state index in [0.29, 0.717) is 26.1 Å². The van der Waals surface area contributed by atoms with E-state index in [1.165, 1.54) is 89.9 Å². The zero-order valence-electron chi connectivity index (χ0n) is 31.7. The number of ether oxygens (including phenoxy) is 2. The summed E-state index contributed by atoms with van der Waals surface area (Å²) in [5.41, 5.74) is 0. The Morgan fingerprint density at radius 2 is 0.833 bits per heavy atom. The molecule has 0 saturated carbocycles. The van der Waals surface area contributed by atoms with Crippen molar-refractivity contribution >= 4 is 11.9 Å². The molecule has 0 amide bonds. The summed E-state index contributed by atoms with van der Waals surface area (Å²) in [7, 11) is 2.08. The highest BCUT2D eigenvalue weighted by molar-refractivity contribution is 5.69. The van der Waals surface area contributed by atoms with Crippen LogP contribution in [0.15, 0.2) is 48.6 Å². The van der Waals surface area contributed by atoms with Crippen molar-refractivity contribution in [2.75, 3.05) is 33.4 Å². The van der Waals surface area contributed by atoms with Gasteiger partial charge in [0.1, 0.15) is 0 Å². The van der Waals surface area contributed by atoms with E-state index < -0.39 is 0 Å². The minimum atomic E-state index is -0.0904. The number of nitrogens with zero attached hydrogens (tertiary/aromatic N) is 1. The Bertz CT molecular complexity index is 806. The van der Waals surface area contributed by atoms with Crippen LogP contribution in [0, 0.1) is 11.8 Å². The molecule has 5 nitrogen and oxygen atoms in total. The van der Waals surface area contributed by atoms with Gasteiger partial charge in [-0.25, -0.2) is 0 Å². The van der Waals surface area contributed by atoms with Crippen molar-refractivity contribution in [3.05, 3.63) is 48.6 Å². The largest absolute Gasteiger partial charge is 0.465 e. The minimum absolute atomic E-state index is 0.0904. The second-order valence-electron chi connectivity index (χ2n) is 14.1. The summed E-state index contributed by atoms with van der Waals surface area (Å²) >= 11 is 0. The van der Waals surface area contributed by atoms with E-state index in [1.54, 1.807) is 0 Å². The molecule has 1 aliphatic heterocycles. The van der Waals surface area contributed by atoms with Crippen LogP contribution in [0.2, 0.25) is 0 Å². The Morgan fingerprint density at radius 1 is 0.500 bits per heavy atom. The summed E-state index contributed by atoms with van der Waals surface area (Å²) in [6.45, 7) is 7.10. The third kappa shape index (κ3) is 27.8. The first-order valence-corrected chi connectivity index (χ1v) is 20.2. The van der Waals surface area contributed by atoms with E-state index in [4.69, 9.17) is 9.47 Å². The molecule has 0 aromatic carbocycles. The van der Waals surface area contributed by atoms with Crippen LogP contribution in [-0.4, -0.2) is 50.2 Å². The number of hydrogen-bond donors (Lipinski definition) is 0. The van der Waals surface area contributed by atoms with Crippen molar-refractivity contribution in [3.63, 3.8) is 0 Å². The fraction of sp³-hybridized carbons (Fsp3) is 0.767. The standard InChI is InChI=1S/C43H75NO4/c1-4-6-8-10-12-14-16-18-20-22-24-26-28-30-32-34-42(45)47-38-40-36-44(3)37-41(40)39-48-43(46)35-33-31-29-27-25-23-21-19-17-15-13-11-9-7-5-2/h12-15,18-21,40-41H,4-11,16-17,22-39H2,1-3H3. The molecule has 2 atom stereocenters. The monoisotopic (exact) mass is 670 g/mol. The lowest BCUT2D eigenvalue weighted by atomic mass is 9.98. The Kier molecular flexibility index (Phi) is 30.5. The predicted molar refractivity (Wildman–Crippen MR) is 205 cm³/mol. The van der Waals surface area contributed by atoms with Crippen LogP contribution in [0.1, 0.15) is 168 Å². The van der Waals surface area contributed by atoms with Gasteiger partial charge in [0.15, 0.2) is 0 Å². The number of esters is 2. The minimum Gasteiger partial charge on any atom is -0.465 e. The van der Waals surface area contributed by atoms with Crippen molar-refractivity contribution < 1.29 is 19.1 Å². The number of carbonyl (C=O) groups is 2. The van der Waals surface area contributed by atoms with Crippen molar-refractivity contribution in [1.29, 1.82) is 0 Å². The average Bonchev–Trinajstić information content (AvgIpc) is 3.45. The van der Waals surface area contributed by atoms with Gasteiger partial charge in [0.25, 0.3) is 0 Å². The molecule has 0 aromatic rings. The molecular weight excluding hydrogens is 594 g/mol. The van der Waals surface area contributed by atoms with Crippen molar-refractivity contribution in [2.24, 2.45) is 11.8 Å². The van der Waals surface area contributed by atoms with Gasteiger partial charge in [-0.3, -0.25) is 9.59 Å². The van der Waals surface area contributed by atoms with E-state index in [1.807, 2.05) is 0 Å². The Morgan fingerprint density at radius 3 is 1.21 bits per heavy atom. The molecule has 0 aliphatic carbocycles. The molecule has 5 heteroatoms. The Labute approximate surface area is 297 Å². The second kappa shape index (κ2) is 33.4. The van der Waals surface area contributed by atoms with E-state index >= 15 is 0 Å². The lowest BCUT2D eigenvalue weighted by Crippen LogP contribution is -2.25. The molecule has 1 saturated heterocycles. The molecule has 2 unspecified atom stereocenters. The van der Waals surface area contributed by atoms with Crippen LogP contribution < -0.4 is 0 Å². The highest BCUT2D eigenvalue weighted by Gasteiger charge is 2.32. The van der Waals surface area contributed by atoms with E-state index in [9.17, 15) is 9.59 Å². The van der Waals surface area contributed by atoms with E-state index in [2.05, 4.69) is 74.4 Å². The molecule has 0 aromatic heterocycles. The number of carbonyl (C=O) groups excluding carboxylic acids is 2. The quantitative estimate of drug-likeness (QED) is 0.0405. The maximum atomic E-state index is 12.4. The molecule has 1 heterocycles. The number of hydrogen-bond acceptors (Lipinski definition) is 5. The molecule has 0 spiro atoms. The first-order valence-electron chi connectivity index (χ1n) is 20.2. The van der Waals surface area contributed by atoms with Crippen LogP contribution in [0.3, 0.4) is 0 Å². The molecule has 276 valence electrons. The first kappa shape index (κ1) is 43.9. The number of rotatable bonds is 32. The molecule has 1 aliphatic rings. The molecular formula is C43H75NO4. The predicted octanol–water partition coefficient (Wildman–Crippen LogP) is 11.9. The zero-order valence-corrected chi connectivity index (χ0v) is 31.7. The van der Waals surface area contributed by atoms with Gasteiger partial charge in [0.2, 0.25) is 0 Å². The first-order chi connectivity index (χ1) is 23.6. The zero-order chi connectivity index (χ0) is 34.8. The van der Waals surface area contributed by atoms with Crippen molar-refractivity contribution in [2.45, 2.75) is 168 Å². The lowest BCUT2D eigenvalue weighted by molar-refractivity contribution is -0.149. The highest BCUT2D eigenvalue weighted by atomic mass is 16.5. The molecule has 1 rings (SSSR count). The van der Waals surface area contributed by atoms with E-state index in [-0.39, 0.29) is 23.8 Å². The normalized spacial score (nSPS) is 17.1. The van der Waals surface area contributed by atoms with Gasteiger partial charge in [-0.1, -0.05) is 127 Å². The van der Waals surface area contributed by atoms with Gasteiger partial charge >= 0.3 is 11.9 Å². The molecule has 0 radical (unpaired) electrons. The number of allylic oxidation sites excluding steroid dienone is 8. The second-order valence-corrected chi connectivity index (χ2v) is 14.1. The maximum absolute atomic E-state index is 12.4. The Balaban J connectivity index is 2.01. The summed E-state index contributed by atoms with van der Waals surface area (Å²) in [5.74, 6) is 0.277. The third-order valence-corrected chi connectivity index (χ3v) is 9.34. The van der Waals surface area contributed by atoms with Crippen molar-refractivity contribution in [3.8, 4) is 0 Å². The summed E-state index contributed by atoms with van der Waals surface area (Å²) in [6, 6.07) is 0. The SMILES string of the molecule is CCCCCC=CCC=CCCCCCCCC(=O)OCC1CN(C)CC1COC(=O)CCCCCCCC=CCC=CCCCCC. The van der Waals surface area contributed by atoms with Gasteiger partial charge < -0.3 is 14.4 Å². The highest BCUT2D eigenvalue weighted by Crippen LogP contribution is 2.24. The maximum Gasteiger partial charge on any atom is 0.305 e. The van der Waals surface area contributed by atoms with Crippen LogP contribution in [0.25, 0.3) is 0 Å². The van der Waals surface area contributed by atoms with Gasteiger partial charge in [0, 0.05) is 37.8 Å². The van der Waals surface area contributed by atoms with E-state index in [0.717, 1.165) is 64.5 Å². The summed E-state index contributed by atoms with van der Waals surface area (Å²) < 4.78 is 11.3. The van der Waals surface area contributed by atoms with Crippen molar-refractivity contribution in [1.82, 2.24) is 4.90 Å². The molecule has 1 fully saturated rings.